The molecule has 0 spiro atoms. The molecule has 0 atom stereocenters. The molecular formula is C8H12Cl2N2O. The minimum Gasteiger partial charge on any atom is -0.390 e. The number of fused-ring (bicyclic) bond motifs is 1. The largest absolute Gasteiger partial charge is 0.390 e. The van der Waals surface area contributed by atoms with Crippen LogP contribution in [0.25, 0.3) is 0 Å². The lowest BCUT2D eigenvalue weighted by atomic mass is 10.1. The molecular weight excluding hydrogens is 211 g/mol. The average Bonchev–Trinajstić information content (AvgIpc) is 2.50. The second-order valence-electron chi connectivity index (χ2n) is 2.71. The van der Waals surface area contributed by atoms with E-state index in [1.807, 2.05) is 12.3 Å². The fourth-order valence-corrected chi connectivity index (χ4v) is 1.32. The van der Waals surface area contributed by atoms with Gasteiger partial charge >= 0.3 is 0 Å². The summed E-state index contributed by atoms with van der Waals surface area (Å²) in [5, 5.41) is 12.0. The van der Waals surface area contributed by atoms with Crippen LogP contribution >= 0.6 is 24.8 Å². The average molecular weight is 223 g/mol. The Morgan fingerprint density at radius 3 is 2.69 bits per heavy atom. The van der Waals surface area contributed by atoms with E-state index in [1.165, 1.54) is 11.1 Å². The van der Waals surface area contributed by atoms with E-state index in [0.29, 0.717) is 0 Å². The van der Waals surface area contributed by atoms with E-state index in [0.717, 1.165) is 18.8 Å². The van der Waals surface area contributed by atoms with E-state index in [1.54, 1.807) is 0 Å². The Bertz CT molecular complexity index is 281. The lowest BCUT2D eigenvalue weighted by molar-refractivity contribution is 0.276. The molecule has 1 aliphatic rings. The highest BCUT2D eigenvalue weighted by Crippen LogP contribution is 2.14. The normalized spacial score (nSPS) is 12.7. The zero-order valence-corrected chi connectivity index (χ0v) is 8.62. The van der Waals surface area contributed by atoms with Crippen molar-refractivity contribution in [3.05, 3.63) is 29.1 Å². The molecule has 0 aliphatic carbocycles. The van der Waals surface area contributed by atoms with Crippen LogP contribution in [0, 0.1) is 0 Å². The summed E-state index contributed by atoms with van der Waals surface area (Å²) in [5.74, 6) is 0. The van der Waals surface area contributed by atoms with Crippen molar-refractivity contribution in [2.45, 2.75) is 19.7 Å². The van der Waals surface area contributed by atoms with Crippen LogP contribution < -0.4 is 5.32 Å². The van der Waals surface area contributed by atoms with Gasteiger partial charge in [-0.3, -0.25) is 4.98 Å². The molecule has 0 unspecified atom stereocenters. The van der Waals surface area contributed by atoms with Crippen LogP contribution in [0.2, 0.25) is 0 Å². The predicted octanol–water partition coefficient (Wildman–Crippen LogP) is 1.02. The smallest absolute Gasteiger partial charge is 0.0853 e. The van der Waals surface area contributed by atoms with E-state index in [4.69, 9.17) is 5.11 Å². The Morgan fingerprint density at radius 1 is 1.31 bits per heavy atom. The molecule has 3 nitrogen and oxygen atoms in total. The van der Waals surface area contributed by atoms with Crippen LogP contribution in [0.3, 0.4) is 0 Å². The van der Waals surface area contributed by atoms with Crippen molar-refractivity contribution >= 4 is 24.8 Å². The minimum absolute atomic E-state index is 0. The number of aliphatic hydroxyl groups excluding tert-OH is 1. The van der Waals surface area contributed by atoms with Gasteiger partial charge < -0.3 is 10.4 Å². The first kappa shape index (κ1) is 12.7. The van der Waals surface area contributed by atoms with E-state index in [-0.39, 0.29) is 31.4 Å². The summed E-state index contributed by atoms with van der Waals surface area (Å²) < 4.78 is 0. The molecule has 0 amide bonds. The van der Waals surface area contributed by atoms with Gasteiger partial charge in [-0.2, -0.15) is 0 Å². The van der Waals surface area contributed by atoms with Gasteiger partial charge in [0, 0.05) is 19.3 Å². The Labute approximate surface area is 89.4 Å². The van der Waals surface area contributed by atoms with Crippen LogP contribution in [0.15, 0.2) is 12.3 Å². The van der Waals surface area contributed by atoms with Gasteiger partial charge in [0.05, 0.1) is 12.3 Å². The van der Waals surface area contributed by atoms with Crippen molar-refractivity contribution in [2.75, 3.05) is 0 Å². The number of hydrogen-bond donors (Lipinski definition) is 2. The highest BCUT2D eigenvalue weighted by Gasteiger charge is 2.09. The molecule has 2 rings (SSSR count). The van der Waals surface area contributed by atoms with Gasteiger partial charge in [0.25, 0.3) is 0 Å². The zero-order chi connectivity index (χ0) is 7.68. The molecule has 5 heteroatoms. The summed E-state index contributed by atoms with van der Waals surface area (Å²) in [6.45, 7) is 1.85. The summed E-state index contributed by atoms with van der Waals surface area (Å²) in [6, 6.07) is 1.95. The van der Waals surface area contributed by atoms with Gasteiger partial charge in [-0.1, -0.05) is 0 Å². The van der Waals surface area contributed by atoms with Crippen molar-refractivity contribution in [3.63, 3.8) is 0 Å². The standard InChI is InChI=1S/C8H10N2O.2ClH/c11-5-8-1-6-2-9-3-7(6)4-10-8;;/h1,4,9,11H,2-3,5H2;2*1H. The maximum Gasteiger partial charge on any atom is 0.0853 e. The van der Waals surface area contributed by atoms with Crippen molar-refractivity contribution in [1.29, 1.82) is 0 Å². The number of halogens is 2. The lowest BCUT2D eigenvalue weighted by Gasteiger charge is -1.98. The summed E-state index contributed by atoms with van der Waals surface area (Å²) >= 11 is 0. The van der Waals surface area contributed by atoms with Crippen LogP contribution in [0.4, 0.5) is 0 Å². The fraction of sp³-hybridized carbons (Fsp3) is 0.375. The Hall–Kier alpha value is -0.350. The summed E-state index contributed by atoms with van der Waals surface area (Å²) in [6.07, 6.45) is 1.83. The second kappa shape index (κ2) is 5.40. The maximum absolute atomic E-state index is 8.79. The highest BCUT2D eigenvalue weighted by molar-refractivity contribution is 5.85. The van der Waals surface area contributed by atoms with Gasteiger partial charge in [0.15, 0.2) is 0 Å². The molecule has 74 valence electrons. The fourth-order valence-electron chi connectivity index (χ4n) is 1.32. The van der Waals surface area contributed by atoms with E-state index in [9.17, 15) is 0 Å². The predicted molar refractivity (Wildman–Crippen MR) is 55.2 cm³/mol. The molecule has 2 N–H and O–H groups in total. The van der Waals surface area contributed by atoms with Gasteiger partial charge in [-0.25, -0.2) is 0 Å². The first-order valence-corrected chi connectivity index (χ1v) is 3.68. The van der Waals surface area contributed by atoms with Crippen molar-refractivity contribution in [1.82, 2.24) is 10.3 Å². The molecule has 0 fully saturated rings. The summed E-state index contributed by atoms with van der Waals surface area (Å²) in [7, 11) is 0. The number of nitrogens with zero attached hydrogens (tertiary/aromatic N) is 1. The van der Waals surface area contributed by atoms with Crippen molar-refractivity contribution in [3.8, 4) is 0 Å². The maximum atomic E-state index is 8.79. The van der Waals surface area contributed by atoms with Crippen molar-refractivity contribution in [2.24, 2.45) is 0 Å². The second-order valence-corrected chi connectivity index (χ2v) is 2.71. The Balaban J connectivity index is 0.000000720. The van der Waals surface area contributed by atoms with Gasteiger partial charge in [-0.15, -0.1) is 24.8 Å². The van der Waals surface area contributed by atoms with Gasteiger partial charge in [0.1, 0.15) is 0 Å². The zero-order valence-electron chi connectivity index (χ0n) is 6.99. The quantitative estimate of drug-likeness (QED) is 0.747. The number of hydrogen-bond acceptors (Lipinski definition) is 3. The number of rotatable bonds is 1. The van der Waals surface area contributed by atoms with Crippen LogP contribution in [0.5, 0.6) is 0 Å². The molecule has 0 aromatic carbocycles. The monoisotopic (exact) mass is 222 g/mol. The molecule has 2 heterocycles. The van der Waals surface area contributed by atoms with Crippen LogP contribution in [0.1, 0.15) is 16.8 Å². The third-order valence-corrected chi connectivity index (χ3v) is 1.93. The van der Waals surface area contributed by atoms with Crippen LogP contribution in [-0.4, -0.2) is 10.1 Å². The molecule has 0 bridgehead atoms. The number of aromatic nitrogens is 1. The van der Waals surface area contributed by atoms with Crippen molar-refractivity contribution < 1.29 is 5.11 Å². The number of aliphatic hydroxyl groups is 1. The highest BCUT2D eigenvalue weighted by atomic mass is 35.5. The third-order valence-electron chi connectivity index (χ3n) is 1.93. The third kappa shape index (κ3) is 2.54. The number of pyridine rings is 1. The summed E-state index contributed by atoms with van der Waals surface area (Å²) in [4.78, 5) is 4.08. The van der Waals surface area contributed by atoms with E-state index in [2.05, 4.69) is 10.3 Å². The first-order valence-electron chi connectivity index (χ1n) is 3.68. The molecule has 1 aromatic heterocycles. The first-order chi connectivity index (χ1) is 5.40. The molecule has 1 aromatic rings. The molecule has 1 aliphatic heterocycles. The number of nitrogens with one attached hydrogen (secondary N) is 1. The Morgan fingerprint density at radius 2 is 2.00 bits per heavy atom. The molecule has 0 radical (unpaired) electrons. The molecule has 0 saturated heterocycles. The van der Waals surface area contributed by atoms with Gasteiger partial charge in [0.2, 0.25) is 0 Å². The topological polar surface area (TPSA) is 45.2 Å². The van der Waals surface area contributed by atoms with Gasteiger partial charge in [-0.05, 0) is 17.2 Å². The Kier molecular flexibility index (Phi) is 5.25. The summed E-state index contributed by atoms with van der Waals surface area (Å²) in [5.41, 5.74) is 3.28. The SMILES string of the molecule is Cl.Cl.OCc1cc2c(cn1)CNC2. The lowest BCUT2D eigenvalue weighted by Crippen LogP contribution is -1.99. The van der Waals surface area contributed by atoms with Crippen LogP contribution in [-0.2, 0) is 19.7 Å². The molecule has 0 saturated carbocycles. The minimum atomic E-state index is 0. The molecule has 13 heavy (non-hydrogen) atoms. The van der Waals surface area contributed by atoms with E-state index < -0.39 is 0 Å². The van der Waals surface area contributed by atoms with E-state index >= 15 is 0 Å².